The minimum absolute atomic E-state index is 0.0314. The third kappa shape index (κ3) is 8.16. The van der Waals surface area contributed by atoms with E-state index in [4.69, 9.17) is 21.1 Å². The lowest BCUT2D eigenvalue weighted by Crippen LogP contribution is -2.44. The van der Waals surface area contributed by atoms with Crippen LogP contribution in [0.2, 0.25) is 0 Å². The molecule has 2 aromatic carbocycles. The number of hydrogen-bond acceptors (Lipinski definition) is 4. The van der Waals surface area contributed by atoms with Crippen molar-refractivity contribution in [3.8, 4) is 0 Å². The smallest absolute Gasteiger partial charge is 0.408 e. The number of alkyl halides is 1. The molecule has 0 aliphatic rings. The van der Waals surface area contributed by atoms with Gasteiger partial charge in [0.05, 0.1) is 17.0 Å². The summed E-state index contributed by atoms with van der Waals surface area (Å²) in [4.78, 5) is 25.1. The molecule has 2 aromatic rings. The second-order valence-corrected chi connectivity index (χ2v) is 10.3. The lowest BCUT2D eigenvalue weighted by atomic mass is 9.92. The van der Waals surface area contributed by atoms with Crippen LogP contribution >= 0.6 is 11.6 Å². The Bertz CT molecular complexity index is 1120. The van der Waals surface area contributed by atoms with Gasteiger partial charge in [-0.3, -0.25) is 0 Å². The van der Waals surface area contributed by atoms with Crippen LogP contribution in [0.25, 0.3) is 11.1 Å². The molecule has 0 spiro atoms. The molecule has 1 atom stereocenters. The Kier molecular flexibility index (Phi) is 9.77. The van der Waals surface area contributed by atoms with E-state index in [0.717, 1.165) is 33.4 Å². The number of nitrogens with one attached hydrogen (secondary N) is 2. The Hall–Kier alpha value is -3.25. The summed E-state index contributed by atoms with van der Waals surface area (Å²) in [5.41, 5.74) is 4.24. The first-order valence-corrected chi connectivity index (χ1v) is 12.3. The van der Waals surface area contributed by atoms with E-state index in [0.29, 0.717) is 0 Å². The zero-order chi connectivity index (χ0) is 27.1. The molecule has 0 fully saturated rings. The van der Waals surface area contributed by atoms with E-state index in [1.807, 2.05) is 90.1 Å². The first-order valence-electron chi connectivity index (χ1n) is 11.8. The van der Waals surface area contributed by atoms with Crippen molar-refractivity contribution in [3.63, 3.8) is 0 Å². The molecule has 0 saturated heterocycles. The third-order valence-corrected chi connectivity index (χ3v) is 6.17. The number of carbonyl (C=O) groups excluding carboxylic acids is 2. The van der Waals surface area contributed by atoms with Crippen molar-refractivity contribution in [3.05, 3.63) is 83.9 Å². The Labute approximate surface area is 219 Å². The van der Waals surface area contributed by atoms with Crippen molar-refractivity contribution < 1.29 is 19.1 Å². The van der Waals surface area contributed by atoms with Crippen molar-refractivity contribution in [2.24, 2.45) is 0 Å². The number of allylic oxidation sites excluding steroid dienone is 2. The fraction of sp³-hybridized carbons (Fsp3) is 0.379. The standard InChI is InChI=1S/C29H37ClN2O4/c1-19(2)21-11-9-13-23(15-21)28(5,6)31-26(33)35-18-25(17-30)36-27(34)32-29(7,8)24-14-10-12-22(16-24)20(3)4/h9-16,25H,1,3,17-18H2,2,4-8H3,(H,31,33)(H,32,34). The maximum Gasteiger partial charge on any atom is 0.408 e. The number of halogens is 1. The van der Waals surface area contributed by atoms with Crippen LogP contribution in [0, 0.1) is 0 Å². The van der Waals surface area contributed by atoms with Gasteiger partial charge >= 0.3 is 12.2 Å². The molecule has 36 heavy (non-hydrogen) atoms. The average Bonchev–Trinajstić information content (AvgIpc) is 2.81. The SMILES string of the molecule is C=C(C)c1cccc(C(C)(C)NC(=O)OCC(CCl)OC(=O)NC(C)(C)c2cccc(C(=C)C)c2)c1. The molecule has 0 bridgehead atoms. The maximum atomic E-state index is 12.6. The van der Waals surface area contributed by atoms with Gasteiger partial charge in [-0.15, -0.1) is 11.6 Å². The van der Waals surface area contributed by atoms with Crippen molar-refractivity contribution in [1.29, 1.82) is 0 Å². The highest BCUT2D eigenvalue weighted by molar-refractivity contribution is 6.18. The second-order valence-electron chi connectivity index (χ2n) is 10.0. The lowest BCUT2D eigenvalue weighted by molar-refractivity contribution is 0.0483. The van der Waals surface area contributed by atoms with Gasteiger partial charge in [-0.25, -0.2) is 9.59 Å². The molecule has 194 valence electrons. The number of alkyl carbamates (subject to hydrolysis) is 2. The van der Waals surface area contributed by atoms with Crippen LogP contribution in [0.1, 0.15) is 63.8 Å². The highest BCUT2D eigenvalue weighted by atomic mass is 35.5. The van der Waals surface area contributed by atoms with Crippen LogP contribution in [0.4, 0.5) is 9.59 Å². The zero-order valence-electron chi connectivity index (χ0n) is 22.0. The van der Waals surface area contributed by atoms with Crippen molar-refractivity contribution in [1.82, 2.24) is 10.6 Å². The monoisotopic (exact) mass is 512 g/mol. The molecule has 2 amide bonds. The Morgan fingerprint density at radius 2 is 1.31 bits per heavy atom. The Morgan fingerprint density at radius 1 is 0.861 bits per heavy atom. The summed E-state index contributed by atoms with van der Waals surface area (Å²) in [5, 5.41) is 5.70. The summed E-state index contributed by atoms with van der Waals surface area (Å²) in [7, 11) is 0. The molecular formula is C29H37ClN2O4. The number of benzene rings is 2. The van der Waals surface area contributed by atoms with Crippen molar-refractivity contribution >= 4 is 34.9 Å². The van der Waals surface area contributed by atoms with E-state index < -0.39 is 29.4 Å². The second kappa shape index (κ2) is 12.1. The van der Waals surface area contributed by atoms with Gasteiger partial charge in [0.15, 0.2) is 6.10 Å². The Morgan fingerprint density at radius 3 is 1.72 bits per heavy atom. The van der Waals surface area contributed by atoms with Crippen LogP contribution in [0.5, 0.6) is 0 Å². The molecule has 0 aliphatic carbocycles. The predicted octanol–water partition coefficient (Wildman–Crippen LogP) is 6.98. The quantitative estimate of drug-likeness (QED) is 0.336. The van der Waals surface area contributed by atoms with Crippen LogP contribution in [-0.2, 0) is 20.6 Å². The molecule has 1 unspecified atom stereocenters. The van der Waals surface area contributed by atoms with Gasteiger partial charge in [-0.2, -0.15) is 0 Å². The van der Waals surface area contributed by atoms with E-state index in [1.54, 1.807) is 0 Å². The predicted molar refractivity (Wildman–Crippen MR) is 147 cm³/mol. The number of hydrogen-bond donors (Lipinski definition) is 2. The fourth-order valence-corrected chi connectivity index (χ4v) is 3.65. The largest absolute Gasteiger partial charge is 0.446 e. The summed E-state index contributed by atoms with van der Waals surface area (Å²) in [5.74, 6) is -0.0314. The third-order valence-electron chi connectivity index (χ3n) is 5.83. The molecular weight excluding hydrogens is 476 g/mol. The highest BCUT2D eigenvalue weighted by Gasteiger charge is 2.27. The van der Waals surface area contributed by atoms with E-state index in [-0.39, 0.29) is 12.5 Å². The fourth-order valence-electron chi connectivity index (χ4n) is 3.50. The molecule has 0 radical (unpaired) electrons. The van der Waals surface area contributed by atoms with Gasteiger partial charge in [-0.1, -0.05) is 60.7 Å². The topological polar surface area (TPSA) is 76.7 Å². The first-order chi connectivity index (χ1) is 16.7. The van der Waals surface area contributed by atoms with Gasteiger partial charge in [-0.05, 0) is 75.9 Å². The van der Waals surface area contributed by atoms with Gasteiger partial charge in [0, 0.05) is 0 Å². The first kappa shape index (κ1) is 29.0. The molecule has 0 aromatic heterocycles. The number of carbonyl (C=O) groups is 2. The van der Waals surface area contributed by atoms with E-state index in [9.17, 15) is 9.59 Å². The van der Waals surface area contributed by atoms with Crippen LogP contribution < -0.4 is 10.6 Å². The zero-order valence-corrected chi connectivity index (χ0v) is 22.8. The summed E-state index contributed by atoms with van der Waals surface area (Å²) >= 11 is 5.98. The molecule has 2 N–H and O–H groups in total. The number of rotatable bonds is 10. The van der Waals surface area contributed by atoms with Gasteiger partial charge in [0.1, 0.15) is 6.61 Å². The highest BCUT2D eigenvalue weighted by Crippen LogP contribution is 2.25. The molecule has 2 rings (SSSR count). The summed E-state index contributed by atoms with van der Waals surface area (Å²) in [6.45, 7) is 19.1. The lowest BCUT2D eigenvalue weighted by Gasteiger charge is -2.29. The minimum Gasteiger partial charge on any atom is -0.446 e. The molecule has 7 heteroatoms. The molecule has 0 saturated carbocycles. The number of ether oxygens (including phenoxy) is 2. The van der Waals surface area contributed by atoms with E-state index >= 15 is 0 Å². The molecule has 0 aliphatic heterocycles. The maximum absolute atomic E-state index is 12.6. The molecule has 0 heterocycles. The van der Waals surface area contributed by atoms with Gasteiger partial charge < -0.3 is 20.1 Å². The number of amides is 2. The van der Waals surface area contributed by atoms with Crippen molar-refractivity contribution in [2.45, 2.75) is 58.7 Å². The van der Waals surface area contributed by atoms with Gasteiger partial charge in [0.25, 0.3) is 0 Å². The summed E-state index contributed by atoms with van der Waals surface area (Å²) < 4.78 is 10.7. The van der Waals surface area contributed by atoms with Crippen LogP contribution in [-0.4, -0.2) is 30.8 Å². The van der Waals surface area contributed by atoms with Gasteiger partial charge in [0.2, 0.25) is 0 Å². The minimum atomic E-state index is -0.815. The van der Waals surface area contributed by atoms with E-state index in [1.165, 1.54) is 0 Å². The van der Waals surface area contributed by atoms with E-state index in [2.05, 4.69) is 23.8 Å². The van der Waals surface area contributed by atoms with Crippen LogP contribution in [0.3, 0.4) is 0 Å². The van der Waals surface area contributed by atoms with Crippen molar-refractivity contribution in [2.75, 3.05) is 12.5 Å². The molecule has 6 nitrogen and oxygen atoms in total. The summed E-state index contributed by atoms with van der Waals surface area (Å²) in [6.07, 6.45) is -2.12. The Balaban J connectivity index is 1.94. The normalized spacial score (nSPS) is 12.3. The van der Waals surface area contributed by atoms with Crippen LogP contribution in [0.15, 0.2) is 61.7 Å². The summed E-state index contributed by atoms with van der Waals surface area (Å²) in [6, 6.07) is 15.6. The average molecular weight is 513 g/mol.